The second kappa shape index (κ2) is 3.50. The van der Waals surface area contributed by atoms with Crippen LogP contribution in [-0.4, -0.2) is 40.2 Å². The lowest BCUT2D eigenvalue weighted by Crippen LogP contribution is -2.49. The molecule has 0 amide bonds. The van der Waals surface area contributed by atoms with Gasteiger partial charge in [0.1, 0.15) is 0 Å². The second-order valence-corrected chi connectivity index (χ2v) is 6.13. The average Bonchev–Trinajstić information content (AvgIpc) is 2.75. The lowest BCUT2D eigenvalue weighted by atomic mass is 9.79. The maximum atomic E-state index is 10.4. The average molecular weight is 254 g/mol. The first-order chi connectivity index (χ1) is 9.05. The number of rotatable bonds is 0. The van der Waals surface area contributed by atoms with E-state index < -0.39 is 5.60 Å². The van der Waals surface area contributed by atoms with Gasteiger partial charge >= 0.3 is 0 Å². The highest BCUT2D eigenvalue weighted by atomic mass is 16.3. The highest BCUT2D eigenvalue weighted by Crippen LogP contribution is 2.41. The van der Waals surface area contributed by atoms with Crippen molar-refractivity contribution >= 4 is 16.5 Å². The van der Waals surface area contributed by atoms with Crippen LogP contribution in [0.3, 0.4) is 0 Å². The third-order valence-corrected chi connectivity index (χ3v) is 4.44. The lowest BCUT2D eigenvalue weighted by Gasteiger charge is -2.42. The topological polar surface area (TPSA) is 39.3 Å². The standard InChI is InChI=1S/C16H18N2O/c1-16(19)7-12-11-4-3-5-13-15(11)10(8-17-13)6-14(12)18(2)9-16/h3-5,7-8,14,17,19H,6,9H2,1-2H3/t14-,16+/m1/s1. The summed E-state index contributed by atoms with van der Waals surface area (Å²) in [7, 11) is 2.10. The van der Waals surface area contributed by atoms with Gasteiger partial charge in [0, 0.05) is 29.7 Å². The van der Waals surface area contributed by atoms with Gasteiger partial charge < -0.3 is 10.1 Å². The summed E-state index contributed by atoms with van der Waals surface area (Å²) >= 11 is 0. The molecule has 2 aromatic rings. The number of aliphatic hydroxyl groups is 1. The van der Waals surface area contributed by atoms with E-state index in [0.29, 0.717) is 12.6 Å². The molecule has 2 heterocycles. The summed E-state index contributed by atoms with van der Waals surface area (Å²) < 4.78 is 0. The number of H-pyrrole nitrogens is 1. The Bertz CT molecular complexity index is 696. The maximum Gasteiger partial charge on any atom is 0.0932 e. The molecule has 0 saturated heterocycles. The Kier molecular flexibility index (Phi) is 2.07. The molecule has 0 radical (unpaired) electrons. The molecule has 4 rings (SSSR count). The molecule has 3 nitrogen and oxygen atoms in total. The van der Waals surface area contributed by atoms with E-state index in [1.807, 2.05) is 6.92 Å². The molecule has 0 unspecified atom stereocenters. The van der Waals surface area contributed by atoms with E-state index >= 15 is 0 Å². The van der Waals surface area contributed by atoms with Crippen LogP contribution < -0.4 is 0 Å². The molecule has 1 aromatic carbocycles. The molecule has 19 heavy (non-hydrogen) atoms. The minimum absolute atomic E-state index is 0.383. The van der Waals surface area contributed by atoms with Gasteiger partial charge in [-0.3, -0.25) is 4.90 Å². The normalized spacial score (nSPS) is 30.3. The second-order valence-electron chi connectivity index (χ2n) is 6.13. The van der Waals surface area contributed by atoms with Gasteiger partial charge in [-0.2, -0.15) is 0 Å². The number of aromatic nitrogens is 1. The van der Waals surface area contributed by atoms with Crippen LogP contribution in [0.4, 0.5) is 0 Å². The smallest absolute Gasteiger partial charge is 0.0932 e. The summed E-state index contributed by atoms with van der Waals surface area (Å²) in [5.74, 6) is 0. The molecule has 2 atom stereocenters. The zero-order valence-corrected chi connectivity index (χ0v) is 11.3. The molecular formula is C16H18N2O. The van der Waals surface area contributed by atoms with Gasteiger partial charge in [0.15, 0.2) is 0 Å². The first-order valence-electron chi connectivity index (χ1n) is 6.80. The van der Waals surface area contributed by atoms with Gasteiger partial charge in [-0.1, -0.05) is 12.1 Å². The fourth-order valence-corrected chi connectivity index (χ4v) is 3.72. The molecule has 98 valence electrons. The minimum atomic E-state index is -0.740. The van der Waals surface area contributed by atoms with Crippen LogP contribution in [-0.2, 0) is 6.42 Å². The van der Waals surface area contributed by atoms with Crippen molar-refractivity contribution in [3.8, 4) is 0 Å². The van der Waals surface area contributed by atoms with Gasteiger partial charge in [0.25, 0.3) is 0 Å². The molecule has 3 heteroatoms. The van der Waals surface area contributed by atoms with E-state index in [2.05, 4.69) is 47.4 Å². The van der Waals surface area contributed by atoms with Crippen LogP contribution in [0.1, 0.15) is 18.1 Å². The SMILES string of the molecule is CN1C[C@@](C)(O)C=C2c3cccc4[nH]cc(c34)C[C@H]21. The van der Waals surface area contributed by atoms with Crippen molar-refractivity contribution in [2.75, 3.05) is 13.6 Å². The molecular weight excluding hydrogens is 236 g/mol. The zero-order chi connectivity index (χ0) is 13.2. The van der Waals surface area contributed by atoms with Crippen LogP contribution in [0.2, 0.25) is 0 Å². The summed E-state index contributed by atoms with van der Waals surface area (Å²) in [6.07, 6.45) is 5.21. The molecule has 0 fully saturated rings. The Morgan fingerprint density at radius 3 is 3.11 bits per heavy atom. The molecule has 2 aliphatic rings. The fourth-order valence-electron chi connectivity index (χ4n) is 3.72. The van der Waals surface area contributed by atoms with Crippen LogP contribution >= 0.6 is 0 Å². The van der Waals surface area contributed by atoms with E-state index in [-0.39, 0.29) is 0 Å². The molecule has 0 saturated carbocycles. The highest BCUT2D eigenvalue weighted by Gasteiger charge is 2.37. The lowest BCUT2D eigenvalue weighted by molar-refractivity contribution is 0.0543. The summed E-state index contributed by atoms with van der Waals surface area (Å²) in [6, 6.07) is 6.76. The van der Waals surface area contributed by atoms with Crippen molar-refractivity contribution in [2.45, 2.75) is 25.0 Å². The number of nitrogens with zero attached hydrogens (tertiary/aromatic N) is 1. The number of nitrogens with one attached hydrogen (secondary N) is 1. The van der Waals surface area contributed by atoms with Gasteiger partial charge in [-0.05, 0) is 49.2 Å². The molecule has 1 aliphatic carbocycles. The Labute approximate surface area is 112 Å². The Balaban J connectivity index is 2.02. The monoisotopic (exact) mass is 254 g/mol. The van der Waals surface area contributed by atoms with E-state index in [1.165, 1.54) is 27.6 Å². The molecule has 2 N–H and O–H groups in total. The van der Waals surface area contributed by atoms with Gasteiger partial charge in [0.2, 0.25) is 0 Å². The van der Waals surface area contributed by atoms with Gasteiger partial charge in [0.05, 0.1) is 5.60 Å². The first-order valence-corrected chi connectivity index (χ1v) is 6.80. The number of β-amino-alcohol motifs (C(OH)–C–C–N with tert-alkyl or cyclic N) is 1. The first kappa shape index (κ1) is 11.3. The molecule has 1 aliphatic heterocycles. The Morgan fingerprint density at radius 1 is 1.42 bits per heavy atom. The van der Waals surface area contributed by atoms with Crippen molar-refractivity contribution < 1.29 is 5.11 Å². The van der Waals surface area contributed by atoms with Crippen molar-refractivity contribution in [1.29, 1.82) is 0 Å². The predicted molar refractivity (Wildman–Crippen MR) is 77.0 cm³/mol. The largest absolute Gasteiger partial charge is 0.385 e. The molecule has 1 aromatic heterocycles. The fraction of sp³-hybridized carbons (Fsp3) is 0.375. The number of hydrogen-bond donors (Lipinski definition) is 2. The number of hydrogen-bond acceptors (Lipinski definition) is 2. The highest BCUT2D eigenvalue weighted by molar-refractivity contribution is 5.98. The quantitative estimate of drug-likeness (QED) is 0.756. The van der Waals surface area contributed by atoms with Crippen LogP contribution in [0.25, 0.3) is 16.5 Å². The van der Waals surface area contributed by atoms with Crippen molar-refractivity contribution in [2.24, 2.45) is 0 Å². The number of benzene rings is 1. The predicted octanol–water partition coefficient (Wildman–Crippen LogP) is 2.17. The van der Waals surface area contributed by atoms with Crippen LogP contribution in [0.5, 0.6) is 0 Å². The van der Waals surface area contributed by atoms with E-state index in [4.69, 9.17) is 0 Å². The number of fused-ring (bicyclic) bond motifs is 2. The van der Waals surface area contributed by atoms with E-state index in [9.17, 15) is 5.11 Å². The third-order valence-electron chi connectivity index (χ3n) is 4.44. The van der Waals surface area contributed by atoms with Gasteiger partial charge in [-0.15, -0.1) is 0 Å². The Morgan fingerprint density at radius 2 is 2.26 bits per heavy atom. The number of aromatic amines is 1. The minimum Gasteiger partial charge on any atom is -0.385 e. The van der Waals surface area contributed by atoms with E-state index in [0.717, 1.165) is 6.42 Å². The maximum absolute atomic E-state index is 10.4. The summed E-state index contributed by atoms with van der Waals surface area (Å²) in [6.45, 7) is 2.58. The van der Waals surface area contributed by atoms with Crippen LogP contribution in [0.15, 0.2) is 30.5 Å². The third kappa shape index (κ3) is 1.52. The number of likely N-dealkylation sites (N-methyl/N-ethyl adjacent to an activating group) is 1. The zero-order valence-electron chi connectivity index (χ0n) is 11.3. The van der Waals surface area contributed by atoms with Crippen molar-refractivity contribution in [3.63, 3.8) is 0 Å². The summed E-state index contributed by atoms with van der Waals surface area (Å²) in [5.41, 5.74) is 4.39. The Hall–Kier alpha value is -1.58. The van der Waals surface area contributed by atoms with Gasteiger partial charge in [-0.25, -0.2) is 0 Å². The molecule has 0 spiro atoms. The summed E-state index contributed by atoms with van der Waals surface area (Å²) in [5, 5.41) is 11.7. The molecule has 0 bridgehead atoms. The van der Waals surface area contributed by atoms with E-state index in [1.54, 1.807) is 0 Å². The van der Waals surface area contributed by atoms with Crippen LogP contribution in [0, 0.1) is 0 Å². The summed E-state index contributed by atoms with van der Waals surface area (Å²) in [4.78, 5) is 5.62. The van der Waals surface area contributed by atoms with Crippen molar-refractivity contribution in [3.05, 3.63) is 41.6 Å². The van der Waals surface area contributed by atoms with Crippen molar-refractivity contribution in [1.82, 2.24) is 9.88 Å².